The van der Waals surface area contributed by atoms with E-state index >= 15 is 0 Å². The van der Waals surface area contributed by atoms with Crippen LogP contribution in [-0.4, -0.2) is 23.9 Å². The van der Waals surface area contributed by atoms with Crippen LogP contribution in [0.5, 0.6) is 0 Å². The third-order valence-electron chi connectivity index (χ3n) is 4.03. The van der Waals surface area contributed by atoms with Crippen molar-refractivity contribution in [2.75, 3.05) is 17.2 Å². The van der Waals surface area contributed by atoms with Gasteiger partial charge in [-0.2, -0.15) is 5.26 Å². The van der Waals surface area contributed by atoms with Crippen molar-refractivity contribution in [2.45, 2.75) is 39.2 Å². The SMILES string of the molecule is CC(=O)Nc1cc(NCC(=O)N[C@](C)(C#N)C2CC2)ccc1C. The van der Waals surface area contributed by atoms with Crippen LogP contribution in [0, 0.1) is 24.2 Å². The number of hydrogen-bond acceptors (Lipinski definition) is 4. The van der Waals surface area contributed by atoms with Gasteiger partial charge in [-0.15, -0.1) is 0 Å². The number of anilines is 2. The zero-order valence-corrected chi connectivity index (χ0v) is 13.7. The molecule has 0 saturated heterocycles. The minimum Gasteiger partial charge on any atom is -0.376 e. The van der Waals surface area contributed by atoms with Gasteiger partial charge in [0.15, 0.2) is 0 Å². The minimum absolute atomic E-state index is 0.0760. The number of nitrogens with zero attached hydrogens (tertiary/aromatic N) is 1. The van der Waals surface area contributed by atoms with Crippen molar-refractivity contribution in [3.05, 3.63) is 23.8 Å². The van der Waals surface area contributed by atoms with Crippen molar-refractivity contribution in [3.8, 4) is 6.07 Å². The van der Waals surface area contributed by atoms with Crippen LogP contribution in [0.3, 0.4) is 0 Å². The van der Waals surface area contributed by atoms with Crippen molar-refractivity contribution < 1.29 is 9.59 Å². The zero-order valence-electron chi connectivity index (χ0n) is 13.7. The van der Waals surface area contributed by atoms with E-state index in [9.17, 15) is 14.9 Å². The Morgan fingerprint density at radius 3 is 2.65 bits per heavy atom. The molecule has 1 aliphatic carbocycles. The summed E-state index contributed by atoms with van der Waals surface area (Å²) in [5, 5.41) is 17.8. The summed E-state index contributed by atoms with van der Waals surface area (Å²) in [7, 11) is 0. The van der Waals surface area contributed by atoms with Crippen molar-refractivity contribution >= 4 is 23.2 Å². The second kappa shape index (κ2) is 6.69. The van der Waals surface area contributed by atoms with E-state index in [0.717, 1.165) is 24.1 Å². The molecule has 3 N–H and O–H groups in total. The van der Waals surface area contributed by atoms with E-state index in [1.807, 2.05) is 19.1 Å². The highest BCUT2D eigenvalue weighted by Gasteiger charge is 2.42. The van der Waals surface area contributed by atoms with Gasteiger partial charge in [0.25, 0.3) is 0 Å². The number of aryl methyl sites for hydroxylation is 1. The lowest BCUT2D eigenvalue weighted by Crippen LogP contribution is -2.48. The molecule has 1 aromatic rings. The van der Waals surface area contributed by atoms with E-state index in [4.69, 9.17) is 0 Å². The fourth-order valence-electron chi connectivity index (χ4n) is 2.45. The topological polar surface area (TPSA) is 94.0 Å². The van der Waals surface area contributed by atoms with Crippen LogP contribution >= 0.6 is 0 Å². The molecule has 0 radical (unpaired) electrons. The highest BCUT2D eigenvalue weighted by atomic mass is 16.2. The first-order valence-electron chi connectivity index (χ1n) is 7.68. The first kappa shape index (κ1) is 16.8. The molecule has 0 aromatic heterocycles. The van der Waals surface area contributed by atoms with Crippen LogP contribution < -0.4 is 16.0 Å². The summed E-state index contributed by atoms with van der Waals surface area (Å²) in [6.07, 6.45) is 1.96. The first-order chi connectivity index (χ1) is 10.8. The van der Waals surface area contributed by atoms with E-state index in [0.29, 0.717) is 5.69 Å². The molecular weight excluding hydrogens is 292 g/mol. The van der Waals surface area contributed by atoms with Crippen molar-refractivity contribution in [1.82, 2.24) is 5.32 Å². The lowest BCUT2D eigenvalue weighted by Gasteiger charge is -2.23. The molecule has 1 fully saturated rings. The standard InChI is InChI=1S/C17H22N4O2/c1-11-4-7-14(8-15(11)20-12(2)22)19-9-16(23)21-17(3,10-18)13-5-6-13/h4,7-8,13,19H,5-6,9H2,1-3H3,(H,20,22)(H,21,23)/t17-/m1/s1. The first-order valence-corrected chi connectivity index (χ1v) is 7.68. The molecule has 0 spiro atoms. The van der Waals surface area contributed by atoms with Gasteiger partial charge in [0.1, 0.15) is 5.54 Å². The quantitative estimate of drug-likeness (QED) is 0.750. The molecule has 1 saturated carbocycles. The predicted molar refractivity (Wildman–Crippen MR) is 88.9 cm³/mol. The van der Waals surface area contributed by atoms with Gasteiger partial charge in [-0.25, -0.2) is 0 Å². The normalized spacial score (nSPS) is 15.9. The predicted octanol–water partition coefficient (Wildman–Crippen LogP) is 2.17. The molecule has 1 aromatic carbocycles. The number of carbonyl (C=O) groups excluding carboxylic acids is 2. The van der Waals surface area contributed by atoms with Crippen LogP contribution in [0.25, 0.3) is 0 Å². The van der Waals surface area contributed by atoms with Crippen molar-refractivity contribution in [2.24, 2.45) is 5.92 Å². The highest BCUT2D eigenvalue weighted by Crippen LogP contribution is 2.39. The average Bonchev–Trinajstić information content (AvgIpc) is 3.32. The molecule has 2 amide bonds. The van der Waals surface area contributed by atoms with Crippen LogP contribution in [-0.2, 0) is 9.59 Å². The molecule has 0 unspecified atom stereocenters. The second-order valence-corrected chi connectivity index (χ2v) is 6.20. The summed E-state index contributed by atoms with van der Waals surface area (Å²) in [6.45, 7) is 5.19. The summed E-state index contributed by atoms with van der Waals surface area (Å²) >= 11 is 0. The number of rotatable bonds is 6. The number of benzene rings is 1. The van der Waals surface area contributed by atoms with Gasteiger partial charge < -0.3 is 16.0 Å². The van der Waals surface area contributed by atoms with Crippen LogP contribution in [0.15, 0.2) is 18.2 Å². The minimum atomic E-state index is -0.784. The number of nitrogens with one attached hydrogen (secondary N) is 3. The Kier molecular flexibility index (Phi) is 4.89. The fraction of sp³-hybridized carbons (Fsp3) is 0.471. The average molecular weight is 314 g/mol. The van der Waals surface area contributed by atoms with Gasteiger partial charge in [0, 0.05) is 18.3 Å². The van der Waals surface area contributed by atoms with Gasteiger partial charge in [-0.05, 0) is 50.3 Å². The van der Waals surface area contributed by atoms with Gasteiger partial charge in [0.2, 0.25) is 11.8 Å². The van der Waals surface area contributed by atoms with Crippen molar-refractivity contribution in [3.63, 3.8) is 0 Å². The van der Waals surface area contributed by atoms with E-state index in [1.54, 1.807) is 13.0 Å². The van der Waals surface area contributed by atoms with Crippen LogP contribution in [0.4, 0.5) is 11.4 Å². The summed E-state index contributed by atoms with van der Waals surface area (Å²) < 4.78 is 0. The van der Waals surface area contributed by atoms with Gasteiger partial charge in [0.05, 0.1) is 12.6 Å². The Balaban J connectivity index is 1.94. The Bertz CT molecular complexity index is 661. The zero-order chi connectivity index (χ0) is 17.0. The van der Waals surface area contributed by atoms with E-state index in [2.05, 4.69) is 22.0 Å². The smallest absolute Gasteiger partial charge is 0.240 e. The van der Waals surface area contributed by atoms with Gasteiger partial charge in [-0.1, -0.05) is 6.07 Å². The third-order valence-corrected chi connectivity index (χ3v) is 4.03. The second-order valence-electron chi connectivity index (χ2n) is 6.20. The molecule has 0 heterocycles. The highest BCUT2D eigenvalue weighted by molar-refractivity contribution is 5.90. The largest absolute Gasteiger partial charge is 0.376 e. The van der Waals surface area contributed by atoms with Gasteiger partial charge in [-0.3, -0.25) is 9.59 Å². The number of carbonyl (C=O) groups is 2. The third kappa shape index (κ3) is 4.46. The maximum atomic E-state index is 12.1. The summed E-state index contributed by atoms with van der Waals surface area (Å²) in [6, 6.07) is 7.70. The molecule has 1 aliphatic rings. The monoisotopic (exact) mass is 314 g/mol. The van der Waals surface area contributed by atoms with Gasteiger partial charge >= 0.3 is 0 Å². The molecular formula is C17H22N4O2. The summed E-state index contributed by atoms with van der Waals surface area (Å²) in [4.78, 5) is 23.2. The molecule has 1 atom stereocenters. The lowest BCUT2D eigenvalue weighted by molar-refractivity contribution is -0.120. The molecule has 6 nitrogen and oxygen atoms in total. The summed E-state index contributed by atoms with van der Waals surface area (Å²) in [5.41, 5.74) is 1.61. The molecule has 2 rings (SSSR count). The van der Waals surface area contributed by atoms with E-state index in [-0.39, 0.29) is 24.3 Å². The molecule has 122 valence electrons. The van der Waals surface area contributed by atoms with E-state index in [1.165, 1.54) is 6.92 Å². The van der Waals surface area contributed by atoms with E-state index < -0.39 is 5.54 Å². The Morgan fingerprint density at radius 1 is 1.39 bits per heavy atom. The summed E-state index contributed by atoms with van der Waals surface area (Å²) in [5.74, 6) is -0.109. The maximum absolute atomic E-state index is 12.1. The fourth-order valence-corrected chi connectivity index (χ4v) is 2.45. The molecule has 0 bridgehead atoms. The number of nitriles is 1. The maximum Gasteiger partial charge on any atom is 0.240 e. The lowest BCUT2D eigenvalue weighted by atomic mass is 9.98. The van der Waals surface area contributed by atoms with Crippen LogP contribution in [0.2, 0.25) is 0 Å². The van der Waals surface area contributed by atoms with Crippen molar-refractivity contribution in [1.29, 1.82) is 5.26 Å². The van der Waals surface area contributed by atoms with Crippen LogP contribution in [0.1, 0.15) is 32.3 Å². The Labute approximate surface area is 136 Å². The molecule has 23 heavy (non-hydrogen) atoms. The molecule has 6 heteroatoms. The Hall–Kier alpha value is -2.55. The number of hydrogen-bond donors (Lipinski definition) is 3. The Morgan fingerprint density at radius 2 is 2.09 bits per heavy atom. The molecule has 0 aliphatic heterocycles. The number of amides is 2.